The SMILES string of the molecule is CCOC(c1ccc(OC(F)(F)F)cc1)c1nc2cc(Br)ccc2[nH]1. The second-order valence-electron chi connectivity index (χ2n) is 5.24. The number of imidazole rings is 1. The van der Waals surface area contributed by atoms with Crippen LogP contribution in [0.4, 0.5) is 13.2 Å². The molecule has 132 valence electrons. The number of fused-ring (bicyclic) bond motifs is 1. The normalized spacial score (nSPS) is 13.2. The van der Waals surface area contributed by atoms with Gasteiger partial charge in [-0.1, -0.05) is 28.1 Å². The lowest BCUT2D eigenvalue weighted by Crippen LogP contribution is -2.17. The van der Waals surface area contributed by atoms with Gasteiger partial charge in [0.15, 0.2) is 0 Å². The molecule has 1 N–H and O–H groups in total. The summed E-state index contributed by atoms with van der Waals surface area (Å²) in [6.45, 7) is 2.26. The molecule has 2 aromatic carbocycles. The predicted octanol–water partition coefficient (Wildman–Crippen LogP) is 5.35. The van der Waals surface area contributed by atoms with Gasteiger partial charge in [-0.2, -0.15) is 0 Å². The lowest BCUT2D eigenvalue weighted by molar-refractivity contribution is -0.274. The quantitative estimate of drug-likeness (QED) is 0.611. The van der Waals surface area contributed by atoms with Gasteiger partial charge in [0.2, 0.25) is 0 Å². The van der Waals surface area contributed by atoms with E-state index < -0.39 is 12.5 Å². The lowest BCUT2D eigenvalue weighted by atomic mass is 10.1. The van der Waals surface area contributed by atoms with E-state index in [0.29, 0.717) is 18.0 Å². The molecule has 25 heavy (non-hydrogen) atoms. The summed E-state index contributed by atoms with van der Waals surface area (Å²) in [5.74, 6) is 0.305. The van der Waals surface area contributed by atoms with Gasteiger partial charge < -0.3 is 14.5 Å². The zero-order chi connectivity index (χ0) is 18.0. The Morgan fingerprint density at radius 1 is 1.16 bits per heavy atom. The van der Waals surface area contributed by atoms with Crippen LogP contribution in [-0.2, 0) is 4.74 Å². The average molecular weight is 415 g/mol. The van der Waals surface area contributed by atoms with Gasteiger partial charge in [-0.15, -0.1) is 13.2 Å². The summed E-state index contributed by atoms with van der Waals surface area (Å²) in [5, 5.41) is 0. The molecule has 4 nitrogen and oxygen atoms in total. The molecule has 0 fully saturated rings. The highest BCUT2D eigenvalue weighted by molar-refractivity contribution is 9.10. The molecule has 0 aliphatic carbocycles. The Balaban J connectivity index is 1.91. The average Bonchev–Trinajstić information content (AvgIpc) is 2.94. The second kappa shape index (κ2) is 7.05. The third kappa shape index (κ3) is 4.32. The molecule has 0 saturated carbocycles. The molecular formula is C17H14BrF3N2O2. The lowest BCUT2D eigenvalue weighted by Gasteiger charge is -2.16. The molecule has 1 unspecified atom stereocenters. The van der Waals surface area contributed by atoms with Crippen molar-refractivity contribution < 1.29 is 22.6 Å². The number of benzene rings is 2. The topological polar surface area (TPSA) is 47.1 Å². The van der Waals surface area contributed by atoms with E-state index in [0.717, 1.165) is 15.5 Å². The van der Waals surface area contributed by atoms with E-state index in [-0.39, 0.29) is 5.75 Å². The number of halogens is 4. The van der Waals surface area contributed by atoms with Gasteiger partial charge in [-0.3, -0.25) is 0 Å². The van der Waals surface area contributed by atoms with E-state index in [9.17, 15) is 13.2 Å². The highest BCUT2D eigenvalue weighted by atomic mass is 79.9. The van der Waals surface area contributed by atoms with Crippen LogP contribution in [0.25, 0.3) is 11.0 Å². The van der Waals surface area contributed by atoms with Crippen molar-refractivity contribution in [2.45, 2.75) is 19.4 Å². The highest BCUT2D eigenvalue weighted by Gasteiger charge is 2.31. The van der Waals surface area contributed by atoms with Gasteiger partial charge in [0.25, 0.3) is 0 Å². The fourth-order valence-corrected chi connectivity index (χ4v) is 2.82. The van der Waals surface area contributed by atoms with Crippen molar-refractivity contribution in [1.29, 1.82) is 0 Å². The van der Waals surface area contributed by atoms with Crippen molar-refractivity contribution in [1.82, 2.24) is 9.97 Å². The van der Waals surface area contributed by atoms with E-state index in [1.165, 1.54) is 24.3 Å². The van der Waals surface area contributed by atoms with Crippen LogP contribution >= 0.6 is 15.9 Å². The maximum absolute atomic E-state index is 12.3. The minimum absolute atomic E-state index is 0.278. The molecule has 0 bridgehead atoms. The van der Waals surface area contributed by atoms with Crippen molar-refractivity contribution in [2.75, 3.05) is 6.61 Å². The molecule has 0 saturated heterocycles. The molecule has 3 rings (SSSR count). The molecule has 3 aromatic rings. The summed E-state index contributed by atoms with van der Waals surface area (Å²) >= 11 is 3.40. The summed E-state index contributed by atoms with van der Waals surface area (Å²) in [5.41, 5.74) is 2.29. The molecule has 8 heteroatoms. The minimum atomic E-state index is -4.72. The smallest absolute Gasteiger partial charge is 0.406 e. The minimum Gasteiger partial charge on any atom is -0.406 e. The number of aromatic amines is 1. The number of hydrogen-bond acceptors (Lipinski definition) is 3. The Bertz CT molecular complexity index is 862. The third-order valence-electron chi connectivity index (χ3n) is 3.46. The van der Waals surface area contributed by atoms with Gasteiger partial charge in [0, 0.05) is 11.1 Å². The van der Waals surface area contributed by atoms with E-state index in [4.69, 9.17) is 4.74 Å². The number of aromatic nitrogens is 2. The standard InChI is InChI=1S/C17H14BrF3N2O2/c1-2-24-15(10-3-6-12(7-4-10)25-17(19,20)21)16-22-13-8-5-11(18)9-14(13)23-16/h3-9,15H,2H2,1H3,(H,22,23). The van der Waals surface area contributed by atoms with Crippen LogP contribution in [0.5, 0.6) is 5.75 Å². The van der Waals surface area contributed by atoms with Crippen molar-refractivity contribution in [3.05, 3.63) is 58.3 Å². The zero-order valence-electron chi connectivity index (χ0n) is 13.1. The van der Waals surface area contributed by atoms with Crippen molar-refractivity contribution in [3.8, 4) is 5.75 Å². The maximum atomic E-state index is 12.3. The Morgan fingerprint density at radius 2 is 1.88 bits per heavy atom. The first kappa shape index (κ1) is 17.8. The van der Waals surface area contributed by atoms with Crippen molar-refractivity contribution in [3.63, 3.8) is 0 Å². The molecule has 0 radical (unpaired) electrons. The summed E-state index contributed by atoms with van der Waals surface area (Å²) in [7, 11) is 0. The van der Waals surface area contributed by atoms with Gasteiger partial charge in [0.05, 0.1) is 11.0 Å². The molecule has 0 amide bonds. The number of alkyl halides is 3. The number of ether oxygens (including phenoxy) is 2. The van der Waals surface area contributed by atoms with E-state index in [2.05, 4.69) is 30.6 Å². The van der Waals surface area contributed by atoms with E-state index in [1.54, 1.807) is 0 Å². The first-order valence-corrected chi connectivity index (χ1v) is 8.27. The van der Waals surface area contributed by atoms with Crippen LogP contribution in [0.3, 0.4) is 0 Å². The largest absolute Gasteiger partial charge is 0.573 e. The molecule has 1 atom stereocenters. The van der Waals surface area contributed by atoms with Gasteiger partial charge in [-0.05, 0) is 42.8 Å². The molecule has 1 aromatic heterocycles. The summed E-state index contributed by atoms with van der Waals surface area (Å²) in [6.07, 6.45) is -5.23. The third-order valence-corrected chi connectivity index (χ3v) is 3.95. The molecular weight excluding hydrogens is 401 g/mol. The fraction of sp³-hybridized carbons (Fsp3) is 0.235. The Morgan fingerprint density at radius 3 is 2.52 bits per heavy atom. The number of hydrogen-bond donors (Lipinski definition) is 1. The number of nitrogens with one attached hydrogen (secondary N) is 1. The number of rotatable bonds is 5. The van der Waals surface area contributed by atoms with E-state index in [1.807, 2.05) is 25.1 Å². The Kier molecular flexibility index (Phi) is 5.01. The van der Waals surface area contributed by atoms with Crippen LogP contribution in [0.15, 0.2) is 46.9 Å². The molecule has 0 aliphatic rings. The number of nitrogens with zero attached hydrogens (tertiary/aromatic N) is 1. The van der Waals surface area contributed by atoms with Crippen LogP contribution in [-0.4, -0.2) is 22.9 Å². The summed E-state index contributed by atoms with van der Waals surface area (Å²) in [6, 6.07) is 11.2. The first-order chi connectivity index (χ1) is 11.9. The maximum Gasteiger partial charge on any atom is 0.573 e. The first-order valence-electron chi connectivity index (χ1n) is 7.48. The zero-order valence-corrected chi connectivity index (χ0v) is 14.7. The van der Waals surface area contributed by atoms with Crippen LogP contribution in [0, 0.1) is 0 Å². The van der Waals surface area contributed by atoms with Crippen molar-refractivity contribution in [2.24, 2.45) is 0 Å². The van der Waals surface area contributed by atoms with E-state index >= 15 is 0 Å². The Hall–Kier alpha value is -2.06. The molecule has 0 spiro atoms. The molecule has 1 heterocycles. The van der Waals surface area contributed by atoms with Crippen LogP contribution in [0.1, 0.15) is 24.4 Å². The monoisotopic (exact) mass is 414 g/mol. The number of H-pyrrole nitrogens is 1. The van der Waals surface area contributed by atoms with Crippen LogP contribution < -0.4 is 4.74 Å². The van der Waals surface area contributed by atoms with Gasteiger partial charge >= 0.3 is 6.36 Å². The molecule has 0 aliphatic heterocycles. The summed E-state index contributed by atoms with van der Waals surface area (Å²) < 4.78 is 47.4. The highest BCUT2D eigenvalue weighted by Crippen LogP contribution is 2.29. The van der Waals surface area contributed by atoms with Crippen LogP contribution in [0.2, 0.25) is 0 Å². The van der Waals surface area contributed by atoms with Crippen molar-refractivity contribution >= 4 is 27.0 Å². The van der Waals surface area contributed by atoms with Gasteiger partial charge in [0.1, 0.15) is 17.7 Å². The Labute approximate surface area is 150 Å². The summed E-state index contributed by atoms with van der Waals surface area (Å²) in [4.78, 5) is 7.72. The van der Waals surface area contributed by atoms with Gasteiger partial charge in [-0.25, -0.2) is 4.98 Å². The second-order valence-corrected chi connectivity index (χ2v) is 6.15. The predicted molar refractivity (Wildman–Crippen MR) is 90.4 cm³/mol. The fourth-order valence-electron chi connectivity index (χ4n) is 2.47.